The van der Waals surface area contributed by atoms with E-state index in [9.17, 15) is 9.59 Å². The van der Waals surface area contributed by atoms with Crippen LogP contribution in [0, 0.1) is 5.92 Å². The molecule has 0 aliphatic carbocycles. The summed E-state index contributed by atoms with van der Waals surface area (Å²) >= 11 is 5.95. The summed E-state index contributed by atoms with van der Waals surface area (Å²) in [6.07, 6.45) is 0.0307. The van der Waals surface area contributed by atoms with Gasteiger partial charge in [-0.15, -0.1) is 0 Å². The van der Waals surface area contributed by atoms with Crippen molar-refractivity contribution in [1.29, 1.82) is 0 Å². The summed E-state index contributed by atoms with van der Waals surface area (Å²) in [6, 6.07) is 12.3. The first kappa shape index (κ1) is 15.7. The Kier molecular flexibility index (Phi) is 3.69. The second-order valence-corrected chi connectivity index (χ2v) is 6.36. The Morgan fingerprint density at radius 3 is 2.68 bits per heavy atom. The number of amides is 1. The molecular weight excluding hydrogens is 344 g/mol. The molecule has 2 heterocycles. The van der Waals surface area contributed by atoms with E-state index in [2.05, 4.69) is 4.98 Å². The van der Waals surface area contributed by atoms with Crippen molar-refractivity contribution < 1.29 is 19.1 Å². The molecule has 1 aliphatic heterocycles. The summed E-state index contributed by atoms with van der Waals surface area (Å²) in [5.74, 6) is -1.33. The van der Waals surface area contributed by atoms with Crippen molar-refractivity contribution in [1.82, 2.24) is 4.98 Å². The number of benzene rings is 2. The van der Waals surface area contributed by atoms with E-state index in [4.69, 9.17) is 21.1 Å². The molecule has 1 N–H and O–H groups in total. The van der Waals surface area contributed by atoms with Crippen LogP contribution in [0.3, 0.4) is 0 Å². The van der Waals surface area contributed by atoms with Crippen molar-refractivity contribution >= 4 is 40.3 Å². The minimum absolute atomic E-state index is 0.0307. The fourth-order valence-electron chi connectivity index (χ4n) is 2.93. The van der Waals surface area contributed by atoms with Crippen molar-refractivity contribution in [2.75, 3.05) is 11.4 Å². The highest BCUT2D eigenvalue weighted by Gasteiger charge is 2.35. The maximum atomic E-state index is 12.0. The number of rotatable bonds is 3. The minimum atomic E-state index is -0.947. The number of hydrogen-bond acceptors (Lipinski definition) is 4. The van der Waals surface area contributed by atoms with Gasteiger partial charge in [0.25, 0.3) is 0 Å². The van der Waals surface area contributed by atoms with Crippen LogP contribution >= 0.6 is 11.6 Å². The number of oxazole rings is 1. The standard InChI is InChI=1S/C18H13ClN2O4/c19-12-3-6-15-14(8-12)20-17(25-15)10-1-4-13(5-2-10)21-9-11(18(23)24)7-16(21)22/h1-6,8,11H,7,9H2,(H,23,24)/t11-/m1/s1. The Morgan fingerprint density at radius 1 is 1.24 bits per heavy atom. The highest BCUT2D eigenvalue weighted by Crippen LogP contribution is 2.30. The monoisotopic (exact) mass is 356 g/mol. The van der Waals surface area contributed by atoms with E-state index < -0.39 is 11.9 Å². The van der Waals surface area contributed by atoms with Crippen molar-refractivity contribution in [2.45, 2.75) is 6.42 Å². The van der Waals surface area contributed by atoms with Gasteiger partial charge in [-0.1, -0.05) is 11.6 Å². The van der Waals surface area contributed by atoms with Crippen LogP contribution in [0.4, 0.5) is 5.69 Å². The van der Waals surface area contributed by atoms with Crippen LogP contribution in [0.2, 0.25) is 5.02 Å². The molecular formula is C18H13ClN2O4. The normalized spacial score (nSPS) is 17.4. The number of nitrogens with zero attached hydrogens (tertiary/aromatic N) is 2. The lowest BCUT2D eigenvalue weighted by Crippen LogP contribution is -2.25. The number of carbonyl (C=O) groups excluding carboxylic acids is 1. The molecule has 6 nitrogen and oxygen atoms in total. The van der Waals surface area contributed by atoms with E-state index in [1.807, 2.05) is 0 Å². The highest BCUT2D eigenvalue weighted by atomic mass is 35.5. The molecule has 25 heavy (non-hydrogen) atoms. The summed E-state index contributed by atoms with van der Waals surface area (Å²) in [5, 5.41) is 9.65. The zero-order chi connectivity index (χ0) is 17.6. The molecule has 1 aromatic heterocycles. The first-order chi connectivity index (χ1) is 12.0. The SMILES string of the molecule is O=C(O)[C@@H]1CC(=O)N(c2ccc(-c3nc4cc(Cl)ccc4o3)cc2)C1. The number of aromatic nitrogens is 1. The van der Waals surface area contributed by atoms with E-state index in [0.717, 1.165) is 5.56 Å². The lowest BCUT2D eigenvalue weighted by molar-refractivity contribution is -0.141. The number of fused-ring (bicyclic) bond motifs is 1. The zero-order valence-corrected chi connectivity index (χ0v) is 13.7. The Morgan fingerprint density at radius 2 is 2.00 bits per heavy atom. The zero-order valence-electron chi connectivity index (χ0n) is 13.0. The van der Waals surface area contributed by atoms with Crippen LogP contribution in [0.25, 0.3) is 22.6 Å². The van der Waals surface area contributed by atoms with Crippen LogP contribution in [-0.4, -0.2) is 28.5 Å². The van der Waals surface area contributed by atoms with Gasteiger partial charge in [0, 0.05) is 29.2 Å². The maximum absolute atomic E-state index is 12.0. The molecule has 0 spiro atoms. The molecule has 0 saturated carbocycles. The quantitative estimate of drug-likeness (QED) is 0.775. The largest absolute Gasteiger partial charge is 0.481 e. The highest BCUT2D eigenvalue weighted by molar-refractivity contribution is 6.31. The van der Waals surface area contributed by atoms with E-state index in [1.54, 1.807) is 42.5 Å². The molecule has 1 amide bonds. The fourth-order valence-corrected chi connectivity index (χ4v) is 3.10. The van der Waals surface area contributed by atoms with E-state index >= 15 is 0 Å². The van der Waals surface area contributed by atoms with Gasteiger partial charge in [0.15, 0.2) is 5.58 Å². The average molecular weight is 357 g/mol. The molecule has 1 aliphatic rings. The van der Waals surface area contributed by atoms with Gasteiger partial charge >= 0.3 is 5.97 Å². The minimum Gasteiger partial charge on any atom is -0.481 e. The second kappa shape index (κ2) is 5.89. The average Bonchev–Trinajstić information content (AvgIpc) is 3.18. The molecule has 1 fully saturated rings. The molecule has 7 heteroatoms. The first-order valence-corrected chi connectivity index (χ1v) is 8.09. The van der Waals surface area contributed by atoms with E-state index in [0.29, 0.717) is 27.7 Å². The van der Waals surface area contributed by atoms with Crippen LogP contribution < -0.4 is 4.90 Å². The van der Waals surface area contributed by atoms with Crippen LogP contribution in [0.1, 0.15) is 6.42 Å². The van der Waals surface area contributed by atoms with Crippen molar-refractivity contribution in [2.24, 2.45) is 5.92 Å². The first-order valence-electron chi connectivity index (χ1n) is 7.71. The Hall–Kier alpha value is -2.86. The molecule has 2 aromatic carbocycles. The third-order valence-corrected chi connectivity index (χ3v) is 4.48. The summed E-state index contributed by atoms with van der Waals surface area (Å²) in [7, 11) is 0. The number of carboxylic acid groups (broad SMARTS) is 1. The number of aliphatic carboxylic acids is 1. The van der Waals surface area contributed by atoms with Crippen molar-refractivity contribution in [3.8, 4) is 11.5 Å². The molecule has 1 atom stereocenters. The lowest BCUT2D eigenvalue weighted by atomic mass is 10.1. The molecule has 0 unspecified atom stereocenters. The molecule has 3 aromatic rings. The van der Waals surface area contributed by atoms with Crippen molar-refractivity contribution in [3.05, 3.63) is 47.5 Å². The number of halogens is 1. The molecule has 4 rings (SSSR count). The van der Waals surface area contributed by atoms with Crippen LogP contribution in [-0.2, 0) is 9.59 Å². The van der Waals surface area contributed by atoms with E-state index in [1.165, 1.54) is 4.90 Å². The van der Waals surface area contributed by atoms with Crippen LogP contribution in [0.5, 0.6) is 0 Å². The Balaban J connectivity index is 1.61. The Labute approximate surface area is 147 Å². The number of carbonyl (C=O) groups is 2. The summed E-state index contributed by atoms with van der Waals surface area (Å²) in [6.45, 7) is 0.189. The third kappa shape index (κ3) is 2.85. The number of hydrogen-bond donors (Lipinski definition) is 1. The molecule has 0 bridgehead atoms. The third-order valence-electron chi connectivity index (χ3n) is 4.25. The second-order valence-electron chi connectivity index (χ2n) is 5.92. The summed E-state index contributed by atoms with van der Waals surface area (Å²) < 4.78 is 5.72. The van der Waals surface area contributed by atoms with Gasteiger partial charge in [0.2, 0.25) is 11.8 Å². The van der Waals surface area contributed by atoms with E-state index in [-0.39, 0.29) is 18.9 Å². The van der Waals surface area contributed by atoms with Crippen molar-refractivity contribution in [3.63, 3.8) is 0 Å². The van der Waals surface area contributed by atoms with Gasteiger partial charge < -0.3 is 14.4 Å². The molecule has 0 radical (unpaired) electrons. The summed E-state index contributed by atoms with van der Waals surface area (Å²) in [4.78, 5) is 29.0. The Bertz CT molecular complexity index is 980. The summed E-state index contributed by atoms with van der Waals surface area (Å²) in [5.41, 5.74) is 2.74. The van der Waals surface area contributed by atoms with Gasteiger partial charge in [-0.05, 0) is 42.5 Å². The van der Waals surface area contributed by atoms with Crippen LogP contribution in [0.15, 0.2) is 46.9 Å². The maximum Gasteiger partial charge on any atom is 0.308 e. The van der Waals surface area contributed by atoms with Gasteiger partial charge in [0.1, 0.15) is 5.52 Å². The number of anilines is 1. The van der Waals surface area contributed by atoms with Gasteiger partial charge in [-0.2, -0.15) is 0 Å². The van der Waals surface area contributed by atoms with Gasteiger partial charge in [-0.25, -0.2) is 4.98 Å². The smallest absolute Gasteiger partial charge is 0.308 e. The number of carboxylic acids is 1. The predicted octanol–water partition coefficient (Wildman–Crippen LogP) is 3.59. The molecule has 1 saturated heterocycles. The topological polar surface area (TPSA) is 83.6 Å². The lowest BCUT2D eigenvalue weighted by Gasteiger charge is -2.16. The van der Waals surface area contributed by atoms with Gasteiger partial charge in [-0.3, -0.25) is 9.59 Å². The molecule has 126 valence electrons. The fraction of sp³-hybridized carbons (Fsp3) is 0.167. The van der Waals surface area contributed by atoms with Gasteiger partial charge in [0.05, 0.1) is 5.92 Å². The predicted molar refractivity (Wildman–Crippen MR) is 92.6 cm³/mol.